The number of para-hydroxylation sites is 2. The van der Waals surface area contributed by atoms with Gasteiger partial charge in [0.15, 0.2) is 0 Å². The number of furan rings is 1. The standard InChI is InChI=1S/C36H37Cl2N5O2/c37-30-14-13-28(24-31(30)38)36(16-20-42(26-36)34(44)27-8-2-1-3-9-27)15-19-40-17-7-18-41(22-21-40)35-39-32-11-4-5-12-33(32)43(35)25-29-10-6-23-45-29/h1-6,8-14,23-24H,7,15-22,25-26H2. The lowest BCUT2D eigenvalue weighted by atomic mass is 9.76. The third-order valence-electron chi connectivity index (χ3n) is 9.50. The van der Waals surface area contributed by atoms with Gasteiger partial charge in [-0.2, -0.15) is 0 Å². The van der Waals surface area contributed by atoms with Crippen LogP contribution in [-0.2, 0) is 12.0 Å². The highest BCUT2D eigenvalue weighted by atomic mass is 35.5. The number of hydrogen-bond donors (Lipinski definition) is 0. The number of rotatable bonds is 8. The Morgan fingerprint density at radius 2 is 1.71 bits per heavy atom. The number of carbonyl (C=O) groups excluding carboxylic acids is 1. The molecule has 0 N–H and O–H groups in total. The van der Waals surface area contributed by atoms with Crippen LogP contribution in [0.3, 0.4) is 0 Å². The molecule has 4 heterocycles. The summed E-state index contributed by atoms with van der Waals surface area (Å²) in [5.74, 6) is 1.99. The molecule has 9 heteroatoms. The predicted molar refractivity (Wildman–Crippen MR) is 181 cm³/mol. The van der Waals surface area contributed by atoms with Gasteiger partial charge in [0.25, 0.3) is 5.91 Å². The van der Waals surface area contributed by atoms with E-state index in [2.05, 4.69) is 38.6 Å². The van der Waals surface area contributed by atoms with Gasteiger partial charge in [-0.05, 0) is 86.4 Å². The summed E-state index contributed by atoms with van der Waals surface area (Å²) < 4.78 is 7.99. The average Bonchev–Trinajstić information content (AvgIpc) is 3.79. The Balaban J connectivity index is 1.08. The summed E-state index contributed by atoms with van der Waals surface area (Å²) >= 11 is 12.9. The lowest BCUT2D eigenvalue weighted by Gasteiger charge is -2.33. The Morgan fingerprint density at radius 1 is 0.867 bits per heavy atom. The molecule has 1 unspecified atom stereocenters. The molecule has 0 saturated carbocycles. The smallest absolute Gasteiger partial charge is 0.253 e. The van der Waals surface area contributed by atoms with Crippen LogP contribution in [0.15, 0.2) is 95.6 Å². The maximum atomic E-state index is 13.5. The van der Waals surface area contributed by atoms with Gasteiger partial charge in [0.2, 0.25) is 5.95 Å². The zero-order valence-corrected chi connectivity index (χ0v) is 26.8. The molecule has 0 bridgehead atoms. The monoisotopic (exact) mass is 641 g/mol. The number of nitrogens with zero attached hydrogens (tertiary/aromatic N) is 5. The first-order valence-electron chi connectivity index (χ1n) is 15.7. The molecular weight excluding hydrogens is 605 g/mol. The number of anilines is 1. The normalized spacial score (nSPS) is 19.3. The van der Waals surface area contributed by atoms with Crippen molar-refractivity contribution in [1.82, 2.24) is 19.4 Å². The summed E-state index contributed by atoms with van der Waals surface area (Å²) in [4.78, 5) is 25.5. The van der Waals surface area contributed by atoms with Crippen LogP contribution in [0.5, 0.6) is 0 Å². The Hall–Kier alpha value is -3.78. The number of imidazole rings is 1. The number of carbonyl (C=O) groups is 1. The second kappa shape index (κ2) is 12.9. The number of fused-ring (bicyclic) bond motifs is 1. The van der Waals surface area contributed by atoms with E-state index in [0.29, 0.717) is 29.7 Å². The SMILES string of the molecule is O=C(c1ccccc1)N1CCC(CCN2CCCN(c3nc4ccccc4n3Cc3ccco3)CC2)(c2ccc(Cl)c(Cl)c2)C1. The third kappa shape index (κ3) is 6.22. The van der Waals surface area contributed by atoms with Crippen LogP contribution in [-0.4, -0.2) is 71.1 Å². The van der Waals surface area contributed by atoms with Gasteiger partial charge in [-0.25, -0.2) is 4.98 Å². The van der Waals surface area contributed by atoms with Crippen molar-refractivity contribution >= 4 is 46.1 Å². The van der Waals surface area contributed by atoms with E-state index in [1.807, 2.05) is 65.6 Å². The van der Waals surface area contributed by atoms with Crippen molar-refractivity contribution in [2.24, 2.45) is 0 Å². The van der Waals surface area contributed by atoms with Gasteiger partial charge in [0.1, 0.15) is 5.76 Å². The zero-order valence-electron chi connectivity index (χ0n) is 25.2. The van der Waals surface area contributed by atoms with Crippen LogP contribution in [0.1, 0.15) is 40.9 Å². The summed E-state index contributed by atoms with van der Waals surface area (Å²) in [5, 5.41) is 1.11. The third-order valence-corrected chi connectivity index (χ3v) is 10.2. The van der Waals surface area contributed by atoms with Gasteiger partial charge < -0.3 is 23.7 Å². The Kier molecular flexibility index (Phi) is 8.58. The van der Waals surface area contributed by atoms with E-state index < -0.39 is 0 Å². The molecule has 7 nitrogen and oxygen atoms in total. The molecule has 3 aromatic carbocycles. The molecule has 2 aromatic heterocycles. The first kappa shape index (κ1) is 29.9. The number of aromatic nitrogens is 2. The van der Waals surface area contributed by atoms with Gasteiger partial charge in [-0.3, -0.25) is 4.79 Å². The fraction of sp³-hybridized carbons (Fsp3) is 0.333. The van der Waals surface area contributed by atoms with E-state index in [-0.39, 0.29) is 11.3 Å². The lowest BCUT2D eigenvalue weighted by Crippen LogP contribution is -2.39. The summed E-state index contributed by atoms with van der Waals surface area (Å²) in [7, 11) is 0. The van der Waals surface area contributed by atoms with Crippen molar-refractivity contribution in [1.29, 1.82) is 0 Å². The Morgan fingerprint density at radius 3 is 2.53 bits per heavy atom. The van der Waals surface area contributed by atoms with Gasteiger partial charge >= 0.3 is 0 Å². The molecule has 232 valence electrons. The molecular formula is C36H37Cl2N5O2. The highest BCUT2D eigenvalue weighted by molar-refractivity contribution is 6.42. The molecule has 0 radical (unpaired) electrons. The minimum Gasteiger partial charge on any atom is -0.467 e. The van der Waals surface area contributed by atoms with Gasteiger partial charge in [0.05, 0.1) is 33.9 Å². The average molecular weight is 643 g/mol. The number of benzene rings is 3. The minimum absolute atomic E-state index is 0.0837. The maximum absolute atomic E-state index is 13.5. The van der Waals surface area contributed by atoms with Crippen LogP contribution in [0.25, 0.3) is 11.0 Å². The highest BCUT2D eigenvalue weighted by Crippen LogP contribution is 2.41. The quantitative estimate of drug-likeness (QED) is 0.177. The van der Waals surface area contributed by atoms with Crippen molar-refractivity contribution in [2.45, 2.75) is 31.2 Å². The molecule has 45 heavy (non-hydrogen) atoms. The van der Waals surface area contributed by atoms with E-state index in [1.165, 1.54) is 0 Å². The summed E-state index contributed by atoms with van der Waals surface area (Å²) in [6.45, 7) is 6.74. The predicted octanol–water partition coefficient (Wildman–Crippen LogP) is 7.37. The Bertz CT molecular complexity index is 1770. The fourth-order valence-corrected chi connectivity index (χ4v) is 7.30. The molecule has 2 aliphatic rings. The van der Waals surface area contributed by atoms with Crippen LogP contribution in [0.2, 0.25) is 10.0 Å². The number of hydrogen-bond acceptors (Lipinski definition) is 5. The first-order chi connectivity index (χ1) is 22.0. The highest BCUT2D eigenvalue weighted by Gasteiger charge is 2.42. The lowest BCUT2D eigenvalue weighted by molar-refractivity contribution is 0.0781. The zero-order chi connectivity index (χ0) is 30.8. The Labute approximate surface area is 273 Å². The van der Waals surface area contributed by atoms with Crippen molar-refractivity contribution in [2.75, 3.05) is 50.7 Å². The second-order valence-corrected chi connectivity index (χ2v) is 13.1. The van der Waals surface area contributed by atoms with Crippen molar-refractivity contribution in [3.63, 3.8) is 0 Å². The van der Waals surface area contributed by atoms with Crippen LogP contribution in [0.4, 0.5) is 5.95 Å². The van der Waals surface area contributed by atoms with Gasteiger partial charge in [0, 0.05) is 43.7 Å². The largest absolute Gasteiger partial charge is 0.467 e. The van der Waals surface area contributed by atoms with E-state index in [4.69, 9.17) is 32.6 Å². The minimum atomic E-state index is -0.193. The van der Waals surface area contributed by atoms with E-state index in [1.54, 1.807) is 6.26 Å². The van der Waals surface area contributed by atoms with Crippen LogP contribution >= 0.6 is 23.2 Å². The number of halogens is 2. The fourth-order valence-electron chi connectivity index (χ4n) is 7.00. The number of amides is 1. The van der Waals surface area contributed by atoms with E-state index in [9.17, 15) is 4.79 Å². The molecule has 5 aromatic rings. The van der Waals surface area contributed by atoms with Crippen molar-refractivity contribution in [3.05, 3.63) is 118 Å². The van der Waals surface area contributed by atoms with Gasteiger partial charge in [-0.15, -0.1) is 0 Å². The summed E-state index contributed by atoms with van der Waals surface area (Å²) in [6, 6.07) is 27.8. The molecule has 0 aliphatic carbocycles. The van der Waals surface area contributed by atoms with Crippen molar-refractivity contribution in [3.8, 4) is 0 Å². The van der Waals surface area contributed by atoms with Gasteiger partial charge in [-0.1, -0.05) is 59.6 Å². The summed E-state index contributed by atoms with van der Waals surface area (Å²) in [6.07, 6.45) is 4.59. The summed E-state index contributed by atoms with van der Waals surface area (Å²) in [5.41, 5.74) is 3.81. The topological polar surface area (TPSA) is 57.8 Å². The second-order valence-electron chi connectivity index (χ2n) is 12.3. The molecule has 7 rings (SSSR count). The first-order valence-corrected chi connectivity index (χ1v) is 16.5. The van der Waals surface area contributed by atoms with Crippen molar-refractivity contribution < 1.29 is 9.21 Å². The van der Waals surface area contributed by atoms with E-state index >= 15 is 0 Å². The molecule has 1 amide bonds. The van der Waals surface area contributed by atoms with E-state index in [0.717, 1.165) is 85.9 Å². The number of likely N-dealkylation sites (tertiary alicyclic amines) is 1. The van der Waals surface area contributed by atoms with Crippen LogP contribution in [0, 0.1) is 0 Å². The molecule has 1 atom stereocenters. The molecule has 2 fully saturated rings. The maximum Gasteiger partial charge on any atom is 0.253 e. The molecule has 0 spiro atoms. The molecule has 2 saturated heterocycles. The van der Waals surface area contributed by atoms with Crippen LogP contribution < -0.4 is 4.90 Å². The molecule has 2 aliphatic heterocycles.